The third kappa shape index (κ3) is 4.06. The summed E-state index contributed by atoms with van der Waals surface area (Å²) in [7, 11) is 1.62. The van der Waals surface area contributed by atoms with E-state index in [1.54, 1.807) is 23.0 Å². The van der Waals surface area contributed by atoms with Crippen molar-refractivity contribution < 1.29 is 4.74 Å². The number of fused-ring (bicyclic) bond motifs is 1. The first-order chi connectivity index (χ1) is 14.1. The van der Waals surface area contributed by atoms with Crippen LogP contribution in [0, 0.1) is 0 Å². The minimum absolute atomic E-state index is 0.0903. The average molecular weight is 424 g/mol. The van der Waals surface area contributed by atoms with Gasteiger partial charge in [-0.05, 0) is 24.3 Å². The monoisotopic (exact) mass is 423 g/mol. The number of para-hydroxylation sites is 1. The summed E-state index contributed by atoms with van der Waals surface area (Å²) in [5.41, 5.74) is 2.34. The number of thiazole rings is 1. The second-order valence-corrected chi connectivity index (χ2v) is 8.71. The van der Waals surface area contributed by atoms with Crippen LogP contribution in [0.15, 0.2) is 63.9 Å². The van der Waals surface area contributed by atoms with E-state index in [0.29, 0.717) is 33.5 Å². The van der Waals surface area contributed by atoms with E-state index >= 15 is 0 Å². The van der Waals surface area contributed by atoms with Crippen LogP contribution in [-0.4, -0.2) is 21.6 Å². The maximum absolute atomic E-state index is 13.3. The summed E-state index contributed by atoms with van der Waals surface area (Å²) < 4.78 is 7.00. The Morgan fingerprint density at radius 3 is 2.72 bits per heavy atom. The SMILES string of the molecule is COc1cccc(-n2c(SCc3csc(C(C)C)n3)nc3ccccc3c2=O)c1. The van der Waals surface area contributed by atoms with Gasteiger partial charge in [-0.1, -0.05) is 43.8 Å². The zero-order valence-corrected chi connectivity index (χ0v) is 18.1. The highest BCUT2D eigenvalue weighted by molar-refractivity contribution is 7.98. The number of rotatable bonds is 6. The van der Waals surface area contributed by atoms with E-state index in [9.17, 15) is 4.79 Å². The second kappa shape index (κ2) is 8.39. The number of benzene rings is 2. The van der Waals surface area contributed by atoms with Gasteiger partial charge in [-0.2, -0.15) is 0 Å². The van der Waals surface area contributed by atoms with Crippen molar-refractivity contribution in [2.75, 3.05) is 7.11 Å². The first kappa shape index (κ1) is 19.7. The largest absolute Gasteiger partial charge is 0.497 e. The van der Waals surface area contributed by atoms with E-state index < -0.39 is 0 Å². The van der Waals surface area contributed by atoms with Crippen molar-refractivity contribution in [3.63, 3.8) is 0 Å². The Morgan fingerprint density at radius 2 is 1.97 bits per heavy atom. The molecule has 0 N–H and O–H groups in total. The van der Waals surface area contributed by atoms with Gasteiger partial charge in [0.05, 0.1) is 34.4 Å². The summed E-state index contributed by atoms with van der Waals surface area (Å²) in [4.78, 5) is 22.8. The molecule has 0 aliphatic carbocycles. The zero-order valence-electron chi connectivity index (χ0n) is 16.5. The quantitative estimate of drug-likeness (QED) is 0.312. The Labute approximate surface area is 177 Å². The van der Waals surface area contributed by atoms with E-state index in [-0.39, 0.29) is 5.56 Å². The third-order valence-corrected chi connectivity index (χ3v) is 6.64. The number of aromatic nitrogens is 3. The Kier molecular flexibility index (Phi) is 5.69. The number of methoxy groups -OCH3 is 1. The Morgan fingerprint density at radius 1 is 1.14 bits per heavy atom. The molecule has 0 radical (unpaired) electrons. The van der Waals surface area contributed by atoms with Crippen LogP contribution < -0.4 is 10.3 Å². The molecule has 7 heteroatoms. The summed E-state index contributed by atoms with van der Waals surface area (Å²) in [6.07, 6.45) is 0. The molecule has 0 atom stereocenters. The predicted molar refractivity (Wildman–Crippen MR) is 120 cm³/mol. The molecule has 2 heterocycles. The number of hydrogen-bond donors (Lipinski definition) is 0. The number of thioether (sulfide) groups is 1. The van der Waals surface area contributed by atoms with Crippen molar-refractivity contribution in [2.45, 2.75) is 30.7 Å². The van der Waals surface area contributed by atoms with Crippen LogP contribution in [0.2, 0.25) is 0 Å². The average Bonchev–Trinajstić information content (AvgIpc) is 3.22. The third-order valence-electron chi connectivity index (χ3n) is 4.47. The molecule has 0 amide bonds. The Hall–Kier alpha value is -2.64. The molecule has 0 saturated heterocycles. The molecule has 2 aromatic heterocycles. The van der Waals surface area contributed by atoms with Gasteiger partial charge in [0.2, 0.25) is 0 Å². The topological polar surface area (TPSA) is 57.0 Å². The van der Waals surface area contributed by atoms with Gasteiger partial charge < -0.3 is 4.74 Å². The first-order valence-electron chi connectivity index (χ1n) is 9.30. The molecule has 4 aromatic rings. The van der Waals surface area contributed by atoms with Crippen molar-refractivity contribution in [1.29, 1.82) is 0 Å². The van der Waals surface area contributed by atoms with E-state index in [1.807, 2.05) is 48.5 Å². The molecule has 5 nitrogen and oxygen atoms in total. The van der Waals surface area contributed by atoms with Gasteiger partial charge in [0.15, 0.2) is 5.16 Å². The maximum atomic E-state index is 13.3. The van der Waals surface area contributed by atoms with Crippen molar-refractivity contribution in [3.8, 4) is 11.4 Å². The van der Waals surface area contributed by atoms with Gasteiger partial charge >= 0.3 is 0 Å². The summed E-state index contributed by atoms with van der Waals surface area (Å²) in [6, 6.07) is 14.9. The number of ether oxygens (including phenoxy) is 1. The minimum Gasteiger partial charge on any atom is -0.497 e. The molecule has 0 saturated carbocycles. The predicted octanol–water partition coefficient (Wildman–Crippen LogP) is 5.27. The van der Waals surface area contributed by atoms with E-state index in [4.69, 9.17) is 14.7 Å². The molecule has 0 unspecified atom stereocenters. The molecular formula is C22H21N3O2S2. The van der Waals surface area contributed by atoms with Crippen LogP contribution in [0.5, 0.6) is 5.75 Å². The van der Waals surface area contributed by atoms with Crippen molar-refractivity contribution in [1.82, 2.24) is 14.5 Å². The number of hydrogen-bond acceptors (Lipinski definition) is 6. The lowest BCUT2D eigenvalue weighted by Gasteiger charge is -2.13. The lowest BCUT2D eigenvalue weighted by molar-refractivity contribution is 0.414. The highest BCUT2D eigenvalue weighted by atomic mass is 32.2. The van der Waals surface area contributed by atoms with Gasteiger partial charge in [0.1, 0.15) is 5.75 Å². The molecule has 4 rings (SSSR count). The fourth-order valence-electron chi connectivity index (χ4n) is 2.98. The fraction of sp³-hybridized carbons (Fsp3) is 0.227. The van der Waals surface area contributed by atoms with Crippen molar-refractivity contribution in [2.24, 2.45) is 0 Å². The van der Waals surface area contributed by atoms with Gasteiger partial charge in [0, 0.05) is 23.1 Å². The van der Waals surface area contributed by atoms with Crippen LogP contribution in [0.4, 0.5) is 0 Å². The Bertz CT molecular complexity index is 1210. The second-order valence-electron chi connectivity index (χ2n) is 6.87. The summed E-state index contributed by atoms with van der Waals surface area (Å²) in [6.45, 7) is 4.28. The summed E-state index contributed by atoms with van der Waals surface area (Å²) >= 11 is 3.19. The van der Waals surface area contributed by atoms with Crippen LogP contribution in [0.3, 0.4) is 0 Å². The Balaban J connectivity index is 1.79. The molecular weight excluding hydrogens is 402 g/mol. The van der Waals surface area contributed by atoms with Crippen molar-refractivity contribution in [3.05, 3.63) is 75.0 Å². The molecule has 29 heavy (non-hydrogen) atoms. The van der Waals surface area contributed by atoms with Gasteiger partial charge in [-0.15, -0.1) is 11.3 Å². The van der Waals surface area contributed by atoms with Crippen LogP contribution >= 0.6 is 23.1 Å². The zero-order chi connectivity index (χ0) is 20.4. The standard InChI is InChI=1S/C22H21N3O2S2/c1-14(2)20-23-15(12-28-20)13-29-22-24-19-10-5-4-9-18(19)21(26)25(22)16-7-6-8-17(11-16)27-3/h4-12,14H,13H2,1-3H3. The number of nitrogens with zero attached hydrogens (tertiary/aromatic N) is 3. The van der Waals surface area contributed by atoms with E-state index in [2.05, 4.69) is 19.2 Å². The van der Waals surface area contributed by atoms with Gasteiger partial charge in [-0.3, -0.25) is 9.36 Å². The summed E-state index contributed by atoms with van der Waals surface area (Å²) in [5, 5.41) is 4.44. The fourth-order valence-corrected chi connectivity index (χ4v) is 4.82. The molecule has 2 aromatic carbocycles. The molecule has 148 valence electrons. The van der Waals surface area contributed by atoms with Crippen molar-refractivity contribution >= 4 is 34.0 Å². The normalized spacial score (nSPS) is 11.3. The van der Waals surface area contributed by atoms with Gasteiger partial charge in [0.25, 0.3) is 5.56 Å². The first-order valence-corrected chi connectivity index (χ1v) is 11.2. The summed E-state index contributed by atoms with van der Waals surface area (Å²) in [5.74, 6) is 1.75. The van der Waals surface area contributed by atoms with Gasteiger partial charge in [-0.25, -0.2) is 9.97 Å². The van der Waals surface area contributed by atoms with Crippen LogP contribution in [-0.2, 0) is 5.75 Å². The van der Waals surface area contributed by atoms with E-state index in [0.717, 1.165) is 16.4 Å². The minimum atomic E-state index is -0.0903. The molecule has 0 aliphatic rings. The molecule has 0 spiro atoms. The van der Waals surface area contributed by atoms with Crippen LogP contribution in [0.25, 0.3) is 16.6 Å². The highest BCUT2D eigenvalue weighted by Crippen LogP contribution is 2.27. The highest BCUT2D eigenvalue weighted by Gasteiger charge is 2.15. The van der Waals surface area contributed by atoms with Crippen LogP contribution in [0.1, 0.15) is 30.5 Å². The lowest BCUT2D eigenvalue weighted by atomic mass is 10.2. The molecule has 0 bridgehead atoms. The smallest absolute Gasteiger partial charge is 0.266 e. The molecule has 0 aliphatic heterocycles. The maximum Gasteiger partial charge on any atom is 0.266 e. The lowest BCUT2D eigenvalue weighted by Crippen LogP contribution is -2.21. The van der Waals surface area contributed by atoms with E-state index in [1.165, 1.54) is 11.8 Å². The molecule has 0 fully saturated rings.